The largest absolute Gasteiger partial charge is 0.379 e. The molecule has 0 fully saturated rings. The second kappa shape index (κ2) is 9.93. The van der Waals surface area contributed by atoms with Crippen molar-refractivity contribution < 1.29 is 0 Å². The molecule has 1 N–H and O–H groups in total. The van der Waals surface area contributed by atoms with Gasteiger partial charge in [-0.2, -0.15) is 0 Å². The molecule has 0 radical (unpaired) electrons. The van der Waals surface area contributed by atoms with Crippen molar-refractivity contribution in [2.75, 3.05) is 11.9 Å². The number of pyridine rings is 1. The zero-order valence-corrected chi connectivity index (χ0v) is 24.1. The average Bonchev–Trinajstić information content (AvgIpc) is 3.11. The molecule has 9 rings (SSSR count). The van der Waals surface area contributed by atoms with E-state index in [1.807, 2.05) is 0 Å². The fourth-order valence-electron chi connectivity index (χ4n) is 6.81. The van der Waals surface area contributed by atoms with Gasteiger partial charge >= 0.3 is 0 Å². The van der Waals surface area contributed by atoms with Crippen molar-refractivity contribution in [2.24, 2.45) is 0 Å². The van der Waals surface area contributed by atoms with E-state index in [9.17, 15) is 0 Å². The van der Waals surface area contributed by atoms with Crippen LogP contribution in [0.2, 0.25) is 0 Å². The molecule has 0 atom stereocenters. The van der Waals surface area contributed by atoms with Crippen LogP contribution in [-0.2, 0) is 0 Å². The van der Waals surface area contributed by atoms with Gasteiger partial charge in [-0.05, 0) is 72.3 Å². The summed E-state index contributed by atoms with van der Waals surface area (Å²) in [5, 5.41) is 12.5. The normalized spacial score (nSPS) is 12.5. The standard InChI is InChI=1S/C42H28N2/c1-2-9-36-34(7-1)35-8-3-4-10-37(35)39-26-33(21-23-38(36)39)29-13-11-27(12-14-29)28-15-17-30(18-16-28)40-24-22-32-20-19-31-6-5-25-43-41(31)42(32)44-40/h1-24,26,43H,25H2. The molecular weight excluding hydrogens is 532 g/mol. The van der Waals surface area contributed by atoms with Crippen molar-refractivity contribution in [3.63, 3.8) is 0 Å². The third-order valence-corrected chi connectivity index (χ3v) is 9.06. The van der Waals surface area contributed by atoms with Crippen LogP contribution < -0.4 is 5.32 Å². The van der Waals surface area contributed by atoms with Gasteiger partial charge in [0.15, 0.2) is 0 Å². The Bertz CT molecular complexity index is 2380. The number of hydrogen-bond acceptors (Lipinski definition) is 2. The molecule has 7 aromatic carbocycles. The van der Waals surface area contributed by atoms with Gasteiger partial charge in [0.05, 0.1) is 16.9 Å². The first-order chi connectivity index (χ1) is 21.8. The molecule has 0 bridgehead atoms. The van der Waals surface area contributed by atoms with E-state index >= 15 is 0 Å². The first-order valence-electron chi connectivity index (χ1n) is 15.2. The maximum atomic E-state index is 5.07. The molecule has 44 heavy (non-hydrogen) atoms. The highest BCUT2D eigenvalue weighted by molar-refractivity contribution is 6.25. The summed E-state index contributed by atoms with van der Waals surface area (Å²) >= 11 is 0. The summed E-state index contributed by atoms with van der Waals surface area (Å²) in [6, 6.07) is 50.7. The first kappa shape index (κ1) is 24.8. The highest BCUT2D eigenvalue weighted by Crippen LogP contribution is 2.38. The molecule has 0 unspecified atom stereocenters. The van der Waals surface area contributed by atoms with E-state index in [0.717, 1.165) is 34.4 Å². The Kier molecular flexibility index (Phi) is 5.60. The number of anilines is 1. The molecule has 2 heteroatoms. The second-order valence-electron chi connectivity index (χ2n) is 11.6. The fraction of sp³-hybridized carbons (Fsp3) is 0.0238. The molecular formula is C42H28N2. The molecule has 206 valence electrons. The minimum absolute atomic E-state index is 0.834. The van der Waals surface area contributed by atoms with Gasteiger partial charge < -0.3 is 5.32 Å². The number of nitrogens with zero attached hydrogens (tertiary/aromatic N) is 1. The zero-order valence-electron chi connectivity index (χ0n) is 24.1. The van der Waals surface area contributed by atoms with Crippen LogP contribution in [0.3, 0.4) is 0 Å². The molecule has 2 nitrogen and oxygen atoms in total. The third-order valence-electron chi connectivity index (χ3n) is 9.06. The number of fused-ring (bicyclic) bond motifs is 9. The third kappa shape index (κ3) is 4.00. The SMILES string of the molecule is C1=Cc2ccc3ccc(-c4ccc(-c5ccc(-c6ccc7c8ccccc8c8ccccc8c7c6)cc5)cc4)nc3c2NC1. The van der Waals surface area contributed by atoms with E-state index < -0.39 is 0 Å². The summed E-state index contributed by atoms with van der Waals surface area (Å²) < 4.78 is 0. The quantitative estimate of drug-likeness (QED) is 0.217. The Balaban J connectivity index is 1.04. The van der Waals surface area contributed by atoms with Crippen molar-refractivity contribution >= 4 is 55.0 Å². The number of hydrogen-bond donors (Lipinski definition) is 1. The molecule has 0 spiro atoms. The van der Waals surface area contributed by atoms with E-state index in [-0.39, 0.29) is 0 Å². The summed E-state index contributed by atoms with van der Waals surface area (Å²) in [6.07, 6.45) is 4.32. The van der Waals surface area contributed by atoms with Crippen LogP contribution in [0, 0.1) is 0 Å². The Morgan fingerprint density at radius 1 is 0.455 bits per heavy atom. The number of benzene rings is 7. The molecule has 1 aliphatic rings. The highest BCUT2D eigenvalue weighted by Gasteiger charge is 2.12. The summed E-state index contributed by atoms with van der Waals surface area (Å²) in [5.41, 5.74) is 10.3. The van der Waals surface area contributed by atoms with Crippen molar-refractivity contribution in [3.05, 3.63) is 151 Å². The van der Waals surface area contributed by atoms with Crippen LogP contribution in [0.1, 0.15) is 5.56 Å². The molecule has 1 aromatic heterocycles. The minimum atomic E-state index is 0.834. The predicted molar refractivity (Wildman–Crippen MR) is 188 cm³/mol. The van der Waals surface area contributed by atoms with Crippen LogP contribution in [0.4, 0.5) is 5.69 Å². The molecule has 0 saturated heterocycles. The number of nitrogens with one attached hydrogen (secondary N) is 1. The van der Waals surface area contributed by atoms with Gasteiger partial charge in [-0.1, -0.05) is 140 Å². The summed E-state index contributed by atoms with van der Waals surface area (Å²) in [6.45, 7) is 0.834. The average molecular weight is 561 g/mol. The van der Waals surface area contributed by atoms with E-state index in [1.54, 1.807) is 0 Å². The Labute approximate surface area is 255 Å². The first-order valence-corrected chi connectivity index (χ1v) is 15.2. The van der Waals surface area contributed by atoms with E-state index in [1.165, 1.54) is 60.1 Å². The second-order valence-corrected chi connectivity index (χ2v) is 11.6. The molecule has 2 heterocycles. The lowest BCUT2D eigenvalue weighted by atomic mass is 9.92. The van der Waals surface area contributed by atoms with Crippen LogP contribution in [0.25, 0.3) is 82.8 Å². The van der Waals surface area contributed by atoms with Gasteiger partial charge in [0.1, 0.15) is 0 Å². The van der Waals surface area contributed by atoms with Gasteiger partial charge in [0, 0.05) is 17.5 Å². The Morgan fingerprint density at radius 2 is 0.977 bits per heavy atom. The number of aromatic nitrogens is 1. The summed E-state index contributed by atoms with van der Waals surface area (Å²) in [7, 11) is 0. The van der Waals surface area contributed by atoms with Gasteiger partial charge in [0.2, 0.25) is 0 Å². The van der Waals surface area contributed by atoms with Crippen molar-refractivity contribution in [1.82, 2.24) is 4.98 Å². The minimum Gasteiger partial charge on any atom is -0.379 e. The van der Waals surface area contributed by atoms with E-state index in [2.05, 4.69) is 157 Å². The van der Waals surface area contributed by atoms with E-state index in [0.29, 0.717) is 0 Å². The van der Waals surface area contributed by atoms with Crippen LogP contribution in [-0.4, -0.2) is 11.5 Å². The lowest BCUT2D eigenvalue weighted by Crippen LogP contribution is -2.05. The number of rotatable bonds is 3. The summed E-state index contributed by atoms with van der Waals surface area (Å²) in [5.74, 6) is 0. The van der Waals surface area contributed by atoms with Crippen LogP contribution >= 0.6 is 0 Å². The van der Waals surface area contributed by atoms with Crippen molar-refractivity contribution in [1.29, 1.82) is 0 Å². The maximum Gasteiger partial charge on any atom is 0.0947 e. The summed E-state index contributed by atoms with van der Waals surface area (Å²) in [4.78, 5) is 5.07. The van der Waals surface area contributed by atoms with Crippen molar-refractivity contribution in [3.8, 4) is 33.5 Å². The molecule has 0 saturated carbocycles. The predicted octanol–water partition coefficient (Wildman–Crippen LogP) is 11.1. The smallest absolute Gasteiger partial charge is 0.0947 e. The highest BCUT2D eigenvalue weighted by atomic mass is 14.9. The molecule has 8 aromatic rings. The molecule has 0 amide bonds. The van der Waals surface area contributed by atoms with Gasteiger partial charge in [-0.15, -0.1) is 0 Å². The van der Waals surface area contributed by atoms with Crippen molar-refractivity contribution in [2.45, 2.75) is 0 Å². The van der Waals surface area contributed by atoms with Gasteiger partial charge in [-0.25, -0.2) is 4.98 Å². The lowest BCUT2D eigenvalue weighted by Gasteiger charge is -2.15. The lowest BCUT2D eigenvalue weighted by molar-refractivity contribution is 1.30. The molecule has 1 aliphatic heterocycles. The zero-order chi connectivity index (χ0) is 29.0. The topological polar surface area (TPSA) is 24.9 Å². The van der Waals surface area contributed by atoms with Gasteiger partial charge in [0.25, 0.3) is 0 Å². The van der Waals surface area contributed by atoms with E-state index in [4.69, 9.17) is 4.98 Å². The van der Waals surface area contributed by atoms with Crippen LogP contribution in [0.15, 0.2) is 146 Å². The Hall–Kier alpha value is -5.73. The van der Waals surface area contributed by atoms with Gasteiger partial charge in [-0.3, -0.25) is 0 Å². The van der Waals surface area contributed by atoms with Crippen LogP contribution in [0.5, 0.6) is 0 Å². The fourth-order valence-corrected chi connectivity index (χ4v) is 6.81. The molecule has 0 aliphatic carbocycles. The Morgan fingerprint density at radius 3 is 1.64 bits per heavy atom. The monoisotopic (exact) mass is 560 g/mol. The maximum absolute atomic E-state index is 5.07.